The minimum absolute atomic E-state index is 0.683. The van der Waals surface area contributed by atoms with Gasteiger partial charge in [-0.3, -0.25) is 0 Å². The summed E-state index contributed by atoms with van der Waals surface area (Å²) in [7, 11) is 0. The predicted molar refractivity (Wildman–Crippen MR) is 125 cm³/mol. The number of unbranched alkanes of at least 4 members (excludes halogenated alkanes) is 1. The second kappa shape index (κ2) is 9.64. The summed E-state index contributed by atoms with van der Waals surface area (Å²) in [5.41, 5.74) is 4.26. The molecule has 0 spiro atoms. The van der Waals surface area contributed by atoms with Crippen LogP contribution in [0.3, 0.4) is 0 Å². The van der Waals surface area contributed by atoms with Crippen molar-refractivity contribution in [2.24, 2.45) is 0 Å². The Balaban J connectivity index is 1.46. The van der Waals surface area contributed by atoms with Gasteiger partial charge in [0, 0.05) is 12.1 Å². The molecule has 1 aromatic heterocycles. The fraction of sp³-hybridized carbons (Fsp3) is 0.192. The van der Waals surface area contributed by atoms with Gasteiger partial charge in [0.05, 0.1) is 22.7 Å². The van der Waals surface area contributed by atoms with Crippen molar-refractivity contribution < 1.29 is 4.74 Å². The van der Waals surface area contributed by atoms with Crippen molar-refractivity contribution in [3.05, 3.63) is 96.0 Å². The predicted octanol–water partition coefficient (Wildman–Crippen LogP) is 6.94. The van der Waals surface area contributed by atoms with Crippen molar-refractivity contribution in [2.45, 2.75) is 25.8 Å². The molecule has 0 N–H and O–H groups in total. The van der Waals surface area contributed by atoms with Gasteiger partial charge >= 0.3 is 0 Å². The Morgan fingerprint density at radius 3 is 2.57 bits per heavy atom. The van der Waals surface area contributed by atoms with Gasteiger partial charge in [-0.2, -0.15) is 0 Å². The minimum atomic E-state index is 0.683. The highest BCUT2D eigenvalue weighted by atomic mass is 35.5. The van der Waals surface area contributed by atoms with Crippen LogP contribution in [-0.2, 0) is 13.0 Å². The third kappa shape index (κ3) is 4.42. The molecule has 4 rings (SSSR count). The minimum Gasteiger partial charge on any atom is -0.493 e. The number of para-hydroxylation sites is 3. The number of hydrogen-bond acceptors (Lipinski definition) is 2. The Kier molecular flexibility index (Phi) is 6.50. The quantitative estimate of drug-likeness (QED) is 0.218. The zero-order chi connectivity index (χ0) is 20.8. The van der Waals surface area contributed by atoms with Crippen molar-refractivity contribution in [1.82, 2.24) is 9.55 Å². The van der Waals surface area contributed by atoms with Gasteiger partial charge in [-0.25, -0.2) is 4.98 Å². The summed E-state index contributed by atoms with van der Waals surface area (Å²) < 4.78 is 8.30. The molecule has 0 fully saturated rings. The molecule has 0 unspecified atom stereocenters. The van der Waals surface area contributed by atoms with E-state index in [9.17, 15) is 0 Å². The maximum Gasteiger partial charge on any atom is 0.142 e. The highest BCUT2D eigenvalue weighted by Crippen LogP contribution is 2.30. The zero-order valence-corrected chi connectivity index (χ0v) is 17.7. The average Bonchev–Trinajstić information content (AvgIpc) is 3.13. The molecule has 0 radical (unpaired) electrons. The van der Waals surface area contributed by atoms with E-state index in [-0.39, 0.29) is 0 Å². The van der Waals surface area contributed by atoms with E-state index in [2.05, 4.69) is 29.3 Å². The Bertz CT molecular complexity index is 1150. The van der Waals surface area contributed by atoms with Crippen LogP contribution in [0.5, 0.6) is 5.75 Å². The monoisotopic (exact) mass is 416 g/mol. The maximum absolute atomic E-state index is 6.47. The molecular weight excluding hydrogens is 392 g/mol. The van der Waals surface area contributed by atoms with E-state index in [0.717, 1.165) is 59.0 Å². The average molecular weight is 417 g/mol. The number of nitrogens with zero attached hydrogens (tertiary/aromatic N) is 2. The molecular formula is C26H25ClN2O. The lowest BCUT2D eigenvalue weighted by Gasteiger charge is -2.12. The largest absolute Gasteiger partial charge is 0.493 e. The topological polar surface area (TPSA) is 27.1 Å². The standard InChI is InChI=1S/C26H25ClN2O/c1-2-11-20-12-3-8-17-25(20)30-19-10-9-18-29-24-16-7-6-15-23(24)28-26(29)21-13-4-5-14-22(21)27/h2-8,12-17H,1,9-11,18-19H2. The number of benzene rings is 3. The van der Waals surface area contributed by atoms with E-state index in [4.69, 9.17) is 21.3 Å². The Morgan fingerprint density at radius 2 is 1.70 bits per heavy atom. The van der Waals surface area contributed by atoms with Crippen molar-refractivity contribution in [2.75, 3.05) is 6.61 Å². The summed E-state index contributed by atoms with van der Waals surface area (Å²) >= 11 is 6.47. The first kappa shape index (κ1) is 20.2. The molecule has 0 amide bonds. The van der Waals surface area contributed by atoms with Crippen LogP contribution >= 0.6 is 11.6 Å². The number of imidazole rings is 1. The summed E-state index contributed by atoms with van der Waals surface area (Å²) in [4.78, 5) is 4.86. The SMILES string of the molecule is C=CCc1ccccc1OCCCCn1c(-c2ccccc2Cl)nc2ccccc21. The van der Waals surface area contributed by atoms with Crippen molar-refractivity contribution in [3.63, 3.8) is 0 Å². The number of hydrogen-bond donors (Lipinski definition) is 0. The molecule has 0 saturated carbocycles. The number of halogens is 1. The number of aromatic nitrogens is 2. The molecule has 0 aliphatic rings. The van der Waals surface area contributed by atoms with Crippen LogP contribution in [0, 0.1) is 0 Å². The van der Waals surface area contributed by atoms with E-state index in [1.807, 2.05) is 60.7 Å². The lowest BCUT2D eigenvalue weighted by atomic mass is 10.1. The maximum atomic E-state index is 6.47. The Morgan fingerprint density at radius 1 is 0.933 bits per heavy atom. The molecule has 30 heavy (non-hydrogen) atoms. The van der Waals surface area contributed by atoms with Crippen LogP contribution in [0.2, 0.25) is 5.02 Å². The van der Waals surface area contributed by atoms with Crippen LogP contribution in [0.4, 0.5) is 0 Å². The number of allylic oxidation sites excluding steroid dienone is 1. The lowest BCUT2D eigenvalue weighted by Crippen LogP contribution is -2.05. The van der Waals surface area contributed by atoms with Crippen LogP contribution in [0.25, 0.3) is 22.4 Å². The molecule has 1 heterocycles. The van der Waals surface area contributed by atoms with Gasteiger partial charge in [-0.05, 0) is 55.2 Å². The first-order chi connectivity index (χ1) is 14.8. The van der Waals surface area contributed by atoms with E-state index in [1.54, 1.807) is 0 Å². The van der Waals surface area contributed by atoms with Crippen LogP contribution in [0.1, 0.15) is 18.4 Å². The molecule has 3 aromatic carbocycles. The highest BCUT2D eigenvalue weighted by Gasteiger charge is 2.14. The van der Waals surface area contributed by atoms with Crippen molar-refractivity contribution in [1.29, 1.82) is 0 Å². The van der Waals surface area contributed by atoms with Gasteiger partial charge in [0.1, 0.15) is 11.6 Å². The fourth-order valence-corrected chi connectivity index (χ4v) is 3.89. The first-order valence-corrected chi connectivity index (χ1v) is 10.7. The number of aryl methyl sites for hydroxylation is 1. The molecule has 0 bridgehead atoms. The van der Waals surface area contributed by atoms with Crippen LogP contribution in [0.15, 0.2) is 85.5 Å². The number of ether oxygens (including phenoxy) is 1. The molecule has 3 nitrogen and oxygen atoms in total. The molecule has 0 atom stereocenters. The third-order valence-corrected chi connectivity index (χ3v) is 5.47. The van der Waals surface area contributed by atoms with Crippen molar-refractivity contribution >= 4 is 22.6 Å². The highest BCUT2D eigenvalue weighted by molar-refractivity contribution is 6.33. The molecule has 0 aliphatic carbocycles. The summed E-state index contributed by atoms with van der Waals surface area (Å²) in [6, 6.07) is 24.3. The van der Waals surface area contributed by atoms with Gasteiger partial charge in [0.15, 0.2) is 0 Å². The normalized spacial score (nSPS) is 11.0. The second-order valence-corrected chi connectivity index (χ2v) is 7.62. The Hall–Kier alpha value is -3.04. The Labute approximate surface area is 182 Å². The molecule has 4 heteroatoms. The smallest absolute Gasteiger partial charge is 0.142 e. The fourth-order valence-electron chi connectivity index (χ4n) is 3.67. The summed E-state index contributed by atoms with van der Waals surface area (Å²) in [6.07, 6.45) is 4.67. The third-order valence-electron chi connectivity index (χ3n) is 5.14. The van der Waals surface area contributed by atoms with Gasteiger partial charge in [0.25, 0.3) is 0 Å². The van der Waals surface area contributed by atoms with Crippen LogP contribution < -0.4 is 4.74 Å². The van der Waals surface area contributed by atoms with E-state index in [1.165, 1.54) is 5.56 Å². The van der Waals surface area contributed by atoms with E-state index < -0.39 is 0 Å². The second-order valence-electron chi connectivity index (χ2n) is 7.21. The molecule has 0 aliphatic heterocycles. The number of fused-ring (bicyclic) bond motifs is 1. The first-order valence-electron chi connectivity index (χ1n) is 10.3. The van der Waals surface area contributed by atoms with Gasteiger partial charge in [0.2, 0.25) is 0 Å². The molecule has 152 valence electrons. The van der Waals surface area contributed by atoms with Gasteiger partial charge < -0.3 is 9.30 Å². The van der Waals surface area contributed by atoms with E-state index in [0.29, 0.717) is 6.61 Å². The van der Waals surface area contributed by atoms with Crippen molar-refractivity contribution in [3.8, 4) is 17.1 Å². The van der Waals surface area contributed by atoms with Gasteiger partial charge in [-0.15, -0.1) is 6.58 Å². The molecule has 4 aromatic rings. The van der Waals surface area contributed by atoms with Crippen LogP contribution in [-0.4, -0.2) is 16.2 Å². The summed E-state index contributed by atoms with van der Waals surface area (Å²) in [6.45, 7) is 5.37. The summed E-state index contributed by atoms with van der Waals surface area (Å²) in [5.74, 6) is 1.86. The summed E-state index contributed by atoms with van der Waals surface area (Å²) in [5, 5.41) is 0.719. The van der Waals surface area contributed by atoms with E-state index >= 15 is 0 Å². The lowest BCUT2D eigenvalue weighted by molar-refractivity contribution is 0.301. The zero-order valence-electron chi connectivity index (χ0n) is 16.9. The number of rotatable bonds is 9. The molecule has 0 saturated heterocycles. The van der Waals surface area contributed by atoms with Gasteiger partial charge in [-0.1, -0.05) is 60.1 Å².